The molecule has 2 rings (SSSR count). The maximum Gasteiger partial charge on any atom is 0.315 e. The third kappa shape index (κ3) is 3.65. The number of hydrogen-bond donors (Lipinski definition) is 1. The average Bonchev–Trinajstić information content (AvgIpc) is 2.99. The number of halogens is 2. The van der Waals surface area contributed by atoms with Crippen LogP contribution in [0.1, 0.15) is 20.3 Å². The number of carbonyl (C=O) groups excluding carboxylic acids is 2. The molecule has 1 atom stereocenters. The Balaban J connectivity index is 1.80. The molecule has 22 heavy (non-hydrogen) atoms. The summed E-state index contributed by atoms with van der Waals surface area (Å²) < 4.78 is 9.16. The number of carbonyl (C=O) groups is 2. The zero-order valence-electron chi connectivity index (χ0n) is 12.3. The largest absolute Gasteiger partial charge is 0.494 e. The number of nitrogens with one attached hydrogen (secondary N) is 1. The van der Waals surface area contributed by atoms with Crippen molar-refractivity contribution in [3.63, 3.8) is 0 Å². The van der Waals surface area contributed by atoms with E-state index < -0.39 is 21.6 Å². The molecule has 0 bridgehead atoms. The van der Waals surface area contributed by atoms with Gasteiger partial charge in [-0.2, -0.15) is 0 Å². The molecule has 1 aliphatic rings. The van der Waals surface area contributed by atoms with Gasteiger partial charge < -0.3 is 14.8 Å². The smallest absolute Gasteiger partial charge is 0.315 e. The Morgan fingerprint density at radius 2 is 1.86 bits per heavy atom. The fourth-order valence-corrected chi connectivity index (χ4v) is 2.60. The molecule has 1 unspecified atom stereocenters. The van der Waals surface area contributed by atoms with E-state index in [9.17, 15) is 9.59 Å². The molecule has 7 heteroatoms. The number of amides is 1. The first kappa shape index (κ1) is 16.9. The summed E-state index contributed by atoms with van der Waals surface area (Å²) in [6.45, 7) is 3.69. The van der Waals surface area contributed by atoms with E-state index >= 15 is 0 Å². The number of alkyl halides is 2. The van der Waals surface area contributed by atoms with Gasteiger partial charge in [0.15, 0.2) is 6.61 Å². The Labute approximate surface area is 138 Å². The Morgan fingerprint density at radius 3 is 2.36 bits per heavy atom. The van der Waals surface area contributed by atoms with E-state index in [0.717, 1.165) is 0 Å². The third-order valence-corrected chi connectivity index (χ3v) is 4.59. The number of rotatable bonds is 6. The molecule has 1 aromatic rings. The van der Waals surface area contributed by atoms with Crippen LogP contribution >= 0.6 is 23.2 Å². The molecule has 0 aliphatic heterocycles. The number of anilines is 1. The van der Waals surface area contributed by atoms with Crippen LogP contribution in [-0.4, -0.2) is 29.4 Å². The molecule has 0 spiro atoms. The van der Waals surface area contributed by atoms with Gasteiger partial charge in [-0.25, -0.2) is 0 Å². The second-order valence-electron chi connectivity index (χ2n) is 5.30. The zero-order valence-corrected chi connectivity index (χ0v) is 13.8. The molecular weight excluding hydrogens is 329 g/mol. The lowest BCUT2D eigenvalue weighted by molar-refractivity contribution is -0.152. The zero-order chi connectivity index (χ0) is 16.4. The summed E-state index contributed by atoms with van der Waals surface area (Å²) in [5.41, 5.74) is -0.346. The van der Waals surface area contributed by atoms with Crippen LogP contribution in [-0.2, 0) is 14.3 Å². The summed E-state index contributed by atoms with van der Waals surface area (Å²) in [5.74, 6) is -0.287. The van der Waals surface area contributed by atoms with Crippen molar-refractivity contribution in [3.8, 4) is 5.75 Å². The van der Waals surface area contributed by atoms with Crippen molar-refractivity contribution in [1.82, 2.24) is 0 Å². The molecule has 1 aliphatic carbocycles. The van der Waals surface area contributed by atoms with Crippen molar-refractivity contribution in [2.45, 2.75) is 24.6 Å². The van der Waals surface area contributed by atoms with Crippen LogP contribution in [0.5, 0.6) is 5.75 Å². The highest BCUT2D eigenvalue weighted by molar-refractivity contribution is 6.53. The Bertz CT molecular complexity index is 573. The summed E-state index contributed by atoms with van der Waals surface area (Å²) >= 11 is 11.8. The van der Waals surface area contributed by atoms with Gasteiger partial charge in [-0.1, -0.05) is 0 Å². The average molecular weight is 346 g/mol. The van der Waals surface area contributed by atoms with Crippen LogP contribution in [0.4, 0.5) is 5.69 Å². The molecular formula is C15H17Cl2NO4. The van der Waals surface area contributed by atoms with Gasteiger partial charge in [0.25, 0.3) is 5.91 Å². The van der Waals surface area contributed by atoms with E-state index in [0.29, 0.717) is 24.5 Å². The monoisotopic (exact) mass is 345 g/mol. The van der Waals surface area contributed by atoms with E-state index in [4.69, 9.17) is 32.7 Å². The molecule has 1 fully saturated rings. The Hall–Kier alpha value is -1.46. The highest BCUT2D eigenvalue weighted by Gasteiger charge is 2.69. The molecule has 1 aromatic carbocycles. The summed E-state index contributed by atoms with van der Waals surface area (Å²) in [6.07, 6.45) is 0.322. The Morgan fingerprint density at radius 1 is 1.27 bits per heavy atom. The normalized spacial score (nSPS) is 21.8. The molecule has 0 saturated heterocycles. The minimum absolute atomic E-state index is 0.322. The van der Waals surface area contributed by atoms with Crippen LogP contribution in [0.15, 0.2) is 24.3 Å². The number of hydrogen-bond acceptors (Lipinski definition) is 4. The van der Waals surface area contributed by atoms with Crippen LogP contribution in [0, 0.1) is 5.41 Å². The second-order valence-corrected chi connectivity index (χ2v) is 6.78. The highest BCUT2D eigenvalue weighted by Crippen LogP contribution is 2.64. The van der Waals surface area contributed by atoms with Crippen LogP contribution in [0.3, 0.4) is 0 Å². The Kier molecular flexibility index (Phi) is 4.87. The lowest BCUT2D eigenvalue weighted by Gasteiger charge is -2.12. The van der Waals surface area contributed by atoms with Crippen molar-refractivity contribution in [2.24, 2.45) is 5.41 Å². The molecule has 1 N–H and O–H groups in total. The van der Waals surface area contributed by atoms with E-state index in [2.05, 4.69) is 5.32 Å². The van der Waals surface area contributed by atoms with Gasteiger partial charge in [-0.15, -0.1) is 23.2 Å². The van der Waals surface area contributed by atoms with Crippen molar-refractivity contribution >= 4 is 40.8 Å². The minimum atomic E-state index is -1.10. The predicted molar refractivity (Wildman–Crippen MR) is 84.4 cm³/mol. The molecule has 0 aromatic heterocycles. The van der Waals surface area contributed by atoms with E-state index in [-0.39, 0.29) is 6.61 Å². The van der Waals surface area contributed by atoms with E-state index in [1.807, 2.05) is 6.92 Å². The number of ether oxygens (including phenoxy) is 2. The predicted octanol–water partition coefficient (Wildman–Crippen LogP) is 3.15. The molecule has 1 saturated carbocycles. The number of esters is 1. The summed E-state index contributed by atoms with van der Waals surface area (Å²) in [4.78, 5) is 23.6. The van der Waals surface area contributed by atoms with Gasteiger partial charge in [0.05, 0.1) is 6.61 Å². The lowest BCUT2D eigenvalue weighted by atomic mass is 10.1. The van der Waals surface area contributed by atoms with Crippen molar-refractivity contribution in [1.29, 1.82) is 0 Å². The maximum absolute atomic E-state index is 11.8. The summed E-state index contributed by atoms with van der Waals surface area (Å²) in [7, 11) is 0. The third-order valence-electron chi connectivity index (χ3n) is 3.49. The molecule has 0 radical (unpaired) electrons. The highest BCUT2D eigenvalue weighted by atomic mass is 35.5. The van der Waals surface area contributed by atoms with Crippen molar-refractivity contribution in [2.75, 3.05) is 18.5 Å². The first-order chi connectivity index (χ1) is 10.3. The lowest BCUT2D eigenvalue weighted by Crippen LogP contribution is -2.26. The minimum Gasteiger partial charge on any atom is -0.494 e. The van der Waals surface area contributed by atoms with Gasteiger partial charge >= 0.3 is 5.97 Å². The number of benzene rings is 1. The van der Waals surface area contributed by atoms with Gasteiger partial charge in [0.1, 0.15) is 15.5 Å². The topological polar surface area (TPSA) is 64.6 Å². The van der Waals surface area contributed by atoms with Gasteiger partial charge in [0.2, 0.25) is 0 Å². The van der Waals surface area contributed by atoms with Crippen molar-refractivity contribution < 1.29 is 19.1 Å². The fraction of sp³-hybridized carbons (Fsp3) is 0.467. The molecule has 1 amide bonds. The fourth-order valence-electron chi connectivity index (χ4n) is 1.91. The van der Waals surface area contributed by atoms with Gasteiger partial charge in [-0.05, 0) is 38.1 Å². The SMILES string of the molecule is CCOc1ccc(NC(=O)COC(=O)C2(C)CC2(Cl)Cl)cc1. The first-order valence-corrected chi connectivity index (χ1v) is 7.62. The van der Waals surface area contributed by atoms with Crippen LogP contribution in [0.25, 0.3) is 0 Å². The maximum atomic E-state index is 11.8. The van der Waals surface area contributed by atoms with Crippen LogP contribution < -0.4 is 10.1 Å². The van der Waals surface area contributed by atoms with Gasteiger partial charge in [-0.3, -0.25) is 9.59 Å². The van der Waals surface area contributed by atoms with E-state index in [1.54, 1.807) is 31.2 Å². The summed E-state index contributed by atoms with van der Waals surface area (Å²) in [6, 6.07) is 6.89. The van der Waals surface area contributed by atoms with E-state index in [1.165, 1.54) is 0 Å². The van der Waals surface area contributed by atoms with Gasteiger partial charge in [0, 0.05) is 12.1 Å². The molecule has 120 valence electrons. The first-order valence-electron chi connectivity index (χ1n) is 6.86. The van der Waals surface area contributed by atoms with Crippen LogP contribution in [0.2, 0.25) is 0 Å². The second kappa shape index (κ2) is 6.34. The van der Waals surface area contributed by atoms with Crippen molar-refractivity contribution in [3.05, 3.63) is 24.3 Å². The molecule has 0 heterocycles. The molecule has 5 nitrogen and oxygen atoms in total. The standard InChI is InChI=1S/C15H17Cl2NO4/c1-3-21-11-6-4-10(5-7-11)18-12(19)8-22-13(20)14(2)9-15(14,16)17/h4-7H,3,8-9H2,1-2H3,(H,18,19). The quantitative estimate of drug-likeness (QED) is 0.635. The summed E-state index contributed by atoms with van der Waals surface area (Å²) in [5, 5.41) is 2.62.